The number of aryl methyl sites for hydroxylation is 2. The Bertz CT molecular complexity index is 630. The molecule has 22 heavy (non-hydrogen) atoms. The number of halogens is 1. The molecule has 1 amide bonds. The second-order valence-electron chi connectivity index (χ2n) is 5.32. The number of carbonyl (C=O) groups excluding carboxylic acids is 1. The summed E-state index contributed by atoms with van der Waals surface area (Å²) in [6, 6.07) is 8.56. The van der Waals surface area contributed by atoms with Crippen molar-refractivity contribution in [3.8, 4) is 0 Å². The molecule has 0 unspecified atom stereocenters. The van der Waals surface area contributed by atoms with Crippen LogP contribution in [0.15, 0.2) is 35.2 Å². The Labute approximate surface area is 138 Å². The van der Waals surface area contributed by atoms with Gasteiger partial charge in [-0.15, -0.1) is 23.1 Å². The Hall–Kier alpha value is -1.33. The molecule has 116 valence electrons. The van der Waals surface area contributed by atoms with E-state index in [4.69, 9.17) is 0 Å². The highest BCUT2D eigenvalue weighted by Crippen LogP contribution is 2.30. The van der Waals surface area contributed by atoms with Crippen LogP contribution in [0, 0.1) is 5.82 Å². The lowest BCUT2D eigenvalue weighted by Gasteiger charge is -2.04. The predicted molar refractivity (Wildman–Crippen MR) is 90.4 cm³/mol. The molecular weight excluding hydrogens is 317 g/mol. The van der Waals surface area contributed by atoms with Gasteiger partial charge in [-0.1, -0.05) is 0 Å². The van der Waals surface area contributed by atoms with E-state index in [1.807, 2.05) is 0 Å². The lowest BCUT2D eigenvalue weighted by Crippen LogP contribution is -2.23. The number of hydrogen-bond donors (Lipinski definition) is 1. The van der Waals surface area contributed by atoms with Gasteiger partial charge in [0.05, 0.1) is 4.88 Å². The summed E-state index contributed by atoms with van der Waals surface area (Å²) in [5.41, 5.74) is 1.36. The molecule has 1 aromatic carbocycles. The summed E-state index contributed by atoms with van der Waals surface area (Å²) in [5.74, 6) is 0.748. The van der Waals surface area contributed by atoms with E-state index in [2.05, 4.69) is 11.4 Å². The molecule has 3 rings (SSSR count). The number of carbonyl (C=O) groups is 1. The van der Waals surface area contributed by atoms with Crippen molar-refractivity contribution < 1.29 is 9.18 Å². The molecule has 0 saturated heterocycles. The molecule has 2 nitrogen and oxygen atoms in total. The summed E-state index contributed by atoms with van der Waals surface area (Å²) < 4.78 is 12.8. The summed E-state index contributed by atoms with van der Waals surface area (Å²) in [5, 5.41) is 2.98. The molecule has 0 saturated carbocycles. The zero-order chi connectivity index (χ0) is 15.4. The Kier molecular flexibility index (Phi) is 5.16. The van der Waals surface area contributed by atoms with Crippen LogP contribution in [0.25, 0.3) is 0 Å². The Morgan fingerprint density at radius 2 is 2.09 bits per heavy atom. The van der Waals surface area contributed by atoms with Crippen LogP contribution in [-0.4, -0.2) is 18.2 Å². The summed E-state index contributed by atoms with van der Waals surface area (Å²) in [6.07, 6.45) is 4.37. The normalized spacial score (nSPS) is 13.1. The van der Waals surface area contributed by atoms with E-state index in [0.29, 0.717) is 6.54 Å². The van der Waals surface area contributed by atoms with Crippen molar-refractivity contribution in [2.24, 2.45) is 0 Å². The predicted octanol–water partition coefficient (Wildman–Crippen LogP) is 4.29. The molecule has 0 spiro atoms. The van der Waals surface area contributed by atoms with Crippen LogP contribution in [0.2, 0.25) is 0 Å². The number of fused-ring (bicyclic) bond motifs is 1. The third-order valence-electron chi connectivity index (χ3n) is 3.66. The maximum atomic E-state index is 12.8. The average molecular weight is 335 g/mol. The first-order valence-corrected chi connectivity index (χ1v) is 9.31. The zero-order valence-corrected chi connectivity index (χ0v) is 13.9. The standard InChI is InChI=1S/C17H18FNOS2/c18-13-5-7-14(8-6-13)21-10-2-9-19-17(20)16-11-12-3-1-4-15(12)22-16/h5-8,11H,1-4,9-10H2,(H,19,20). The van der Waals surface area contributed by atoms with Gasteiger partial charge in [0, 0.05) is 16.3 Å². The van der Waals surface area contributed by atoms with Gasteiger partial charge in [-0.3, -0.25) is 4.79 Å². The van der Waals surface area contributed by atoms with Crippen molar-refractivity contribution in [2.45, 2.75) is 30.6 Å². The molecule has 0 bridgehead atoms. The van der Waals surface area contributed by atoms with Crippen LogP contribution < -0.4 is 5.32 Å². The van der Waals surface area contributed by atoms with Crippen LogP contribution in [-0.2, 0) is 12.8 Å². The fraction of sp³-hybridized carbons (Fsp3) is 0.353. The molecule has 1 aliphatic carbocycles. The lowest BCUT2D eigenvalue weighted by atomic mass is 10.2. The highest BCUT2D eigenvalue weighted by Gasteiger charge is 2.17. The quantitative estimate of drug-likeness (QED) is 0.630. The van der Waals surface area contributed by atoms with Crippen molar-refractivity contribution in [1.29, 1.82) is 0 Å². The van der Waals surface area contributed by atoms with Crippen molar-refractivity contribution in [1.82, 2.24) is 5.32 Å². The van der Waals surface area contributed by atoms with E-state index in [0.717, 1.165) is 34.8 Å². The second kappa shape index (κ2) is 7.29. The molecule has 0 atom stereocenters. The largest absolute Gasteiger partial charge is 0.351 e. The smallest absolute Gasteiger partial charge is 0.261 e. The van der Waals surface area contributed by atoms with Crippen molar-refractivity contribution in [3.63, 3.8) is 0 Å². The molecule has 1 aromatic heterocycles. The number of nitrogens with one attached hydrogen (secondary N) is 1. The molecule has 1 N–H and O–H groups in total. The summed E-state index contributed by atoms with van der Waals surface area (Å²) in [4.78, 5) is 15.4. The van der Waals surface area contributed by atoms with E-state index in [9.17, 15) is 9.18 Å². The Morgan fingerprint density at radius 3 is 2.86 bits per heavy atom. The topological polar surface area (TPSA) is 29.1 Å². The van der Waals surface area contributed by atoms with Gasteiger partial charge in [-0.2, -0.15) is 0 Å². The lowest BCUT2D eigenvalue weighted by molar-refractivity contribution is 0.0958. The Morgan fingerprint density at radius 1 is 1.27 bits per heavy atom. The van der Waals surface area contributed by atoms with E-state index < -0.39 is 0 Å². The van der Waals surface area contributed by atoms with Gasteiger partial charge in [0.25, 0.3) is 5.91 Å². The monoisotopic (exact) mass is 335 g/mol. The molecule has 5 heteroatoms. The maximum absolute atomic E-state index is 12.8. The van der Waals surface area contributed by atoms with Gasteiger partial charge in [0.15, 0.2) is 0 Å². The van der Waals surface area contributed by atoms with Gasteiger partial charge in [-0.25, -0.2) is 4.39 Å². The molecule has 1 aliphatic rings. The number of benzene rings is 1. The number of rotatable bonds is 6. The fourth-order valence-electron chi connectivity index (χ4n) is 2.52. The second-order valence-corrected chi connectivity index (χ2v) is 7.63. The minimum Gasteiger partial charge on any atom is -0.351 e. The highest BCUT2D eigenvalue weighted by atomic mass is 32.2. The van der Waals surface area contributed by atoms with Gasteiger partial charge >= 0.3 is 0 Å². The van der Waals surface area contributed by atoms with Crippen LogP contribution in [0.3, 0.4) is 0 Å². The van der Waals surface area contributed by atoms with E-state index in [1.54, 1.807) is 35.2 Å². The Balaban J connectivity index is 1.37. The van der Waals surface area contributed by atoms with Crippen LogP contribution in [0.5, 0.6) is 0 Å². The highest BCUT2D eigenvalue weighted by molar-refractivity contribution is 7.99. The maximum Gasteiger partial charge on any atom is 0.261 e. The first-order valence-electron chi connectivity index (χ1n) is 7.50. The third kappa shape index (κ3) is 3.90. The van der Waals surface area contributed by atoms with Crippen molar-refractivity contribution >= 4 is 29.0 Å². The average Bonchev–Trinajstić information content (AvgIpc) is 3.10. The number of thioether (sulfide) groups is 1. The molecule has 0 aliphatic heterocycles. The number of hydrogen-bond acceptors (Lipinski definition) is 3. The third-order valence-corrected chi connectivity index (χ3v) is 5.99. The van der Waals surface area contributed by atoms with Crippen LogP contribution in [0.1, 0.15) is 33.0 Å². The minimum absolute atomic E-state index is 0.0474. The first-order chi connectivity index (χ1) is 10.7. The SMILES string of the molecule is O=C(NCCCSc1ccc(F)cc1)c1cc2c(s1)CCC2. The van der Waals surface area contributed by atoms with E-state index in [1.165, 1.54) is 29.0 Å². The molecule has 1 heterocycles. The van der Waals surface area contributed by atoms with Gasteiger partial charge in [-0.05, 0) is 67.3 Å². The van der Waals surface area contributed by atoms with Crippen molar-refractivity contribution in [2.75, 3.05) is 12.3 Å². The number of thiophene rings is 1. The molecular formula is C17H18FNOS2. The fourth-order valence-corrected chi connectivity index (χ4v) is 4.55. The van der Waals surface area contributed by atoms with Gasteiger partial charge in [0.2, 0.25) is 0 Å². The summed E-state index contributed by atoms with van der Waals surface area (Å²) >= 11 is 3.32. The zero-order valence-electron chi connectivity index (χ0n) is 12.2. The van der Waals surface area contributed by atoms with Crippen molar-refractivity contribution in [3.05, 3.63) is 51.5 Å². The number of amides is 1. The molecule has 2 aromatic rings. The molecule has 0 radical (unpaired) electrons. The van der Waals surface area contributed by atoms with Gasteiger partial charge < -0.3 is 5.32 Å². The van der Waals surface area contributed by atoms with Crippen LogP contribution >= 0.6 is 23.1 Å². The summed E-state index contributed by atoms with van der Waals surface area (Å²) in [7, 11) is 0. The van der Waals surface area contributed by atoms with Crippen LogP contribution in [0.4, 0.5) is 4.39 Å². The van der Waals surface area contributed by atoms with E-state index in [-0.39, 0.29) is 11.7 Å². The van der Waals surface area contributed by atoms with E-state index >= 15 is 0 Å². The first kappa shape index (κ1) is 15.6. The molecule has 0 fully saturated rings. The minimum atomic E-state index is -0.209. The summed E-state index contributed by atoms with van der Waals surface area (Å²) in [6.45, 7) is 0.676. The van der Waals surface area contributed by atoms with Gasteiger partial charge in [0.1, 0.15) is 5.82 Å².